The second-order valence-corrected chi connectivity index (χ2v) is 6.24. The summed E-state index contributed by atoms with van der Waals surface area (Å²) in [6.07, 6.45) is 7.76. The fraction of sp³-hybridized carbons (Fsp3) is 0.684. The molecule has 0 amide bonds. The number of halogens is 2. The number of unbranched alkanes of at least 4 members (excludes halogenated alkanes) is 5. The molecule has 0 bridgehead atoms. The zero-order valence-electron chi connectivity index (χ0n) is 14.8. The Morgan fingerprint density at radius 1 is 0.913 bits per heavy atom. The van der Waals surface area contributed by atoms with Gasteiger partial charge >= 0.3 is 0 Å². The standard InChI is InChI=1S/C19H30F2O2/c1-5-6-7-8-9-10-11-18(19(2,22-3)23-4)15-12-16(20)14-17(21)13-15/h12-14,18H,5-11H2,1-4H3. The zero-order chi connectivity index (χ0) is 17.3. The largest absolute Gasteiger partial charge is 0.353 e. The molecule has 0 saturated heterocycles. The van der Waals surface area contributed by atoms with Gasteiger partial charge in [-0.2, -0.15) is 0 Å². The van der Waals surface area contributed by atoms with Crippen LogP contribution in [-0.4, -0.2) is 20.0 Å². The van der Waals surface area contributed by atoms with Crippen LogP contribution in [0.4, 0.5) is 8.78 Å². The fourth-order valence-electron chi connectivity index (χ4n) is 3.00. The van der Waals surface area contributed by atoms with Crippen LogP contribution >= 0.6 is 0 Å². The van der Waals surface area contributed by atoms with Crippen LogP contribution in [0.1, 0.15) is 70.3 Å². The molecule has 0 N–H and O–H groups in total. The molecule has 1 unspecified atom stereocenters. The maximum Gasteiger partial charge on any atom is 0.171 e. The summed E-state index contributed by atoms with van der Waals surface area (Å²) in [5.41, 5.74) is 0.585. The third-order valence-corrected chi connectivity index (χ3v) is 4.58. The van der Waals surface area contributed by atoms with E-state index < -0.39 is 17.4 Å². The average molecular weight is 328 g/mol. The highest BCUT2D eigenvalue weighted by atomic mass is 19.1. The molecule has 1 rings (SSSR count). The molecule has 0 radical (unpaired) electrons. The molecule has 0 spiro atoms. The molecule has 0 aliphatic heterocycles. The van der Waals surface area contributed by atoms with Gasteiger partial charge in [0.15, 0.2) is 5.79 Å². The first kappa shape index (κ1) is 20.0. The van der Waals surface area contributed by atoms with Gasteiger partial charge in [-0.1, -0.05) is 45.4 Å². The molecule has 0 fully saturated rings. The third kappa shape index (κ3) is 6.19. The van der Waals surface area contributed by atoms with Crippen molar-refractivity contribution in [3.05, 3.63) is 35.4 Å². The van der Waals surface area contributed by atoms with Gasteiger partial charge in [0.1, 0.15) is 11.6 Å². The molecule has 132 valence electrons. The molecule has 1 atom stereocenters. The van der Waals surface area contributed by atoms with E-state index in [4.69, 9.17) is 9.47 Å². The Morgan fingerprint density at radius 3 is 1.96 bits per heavy atom. The van der Waals surface area contributed by atoms with E-state index in [0.29, 0.717) is 5.56 Å². The van der Waals surface area contributed by atoms with Gasteiger partial charge < -0.3 is 9.47 Å². The molecular weight excluding hydrogens is 298 g/mol. The van der Waals surface area contributed by atoms with Crippen molar-refractivity contribution in [2.75, 3.05) is 14.2 Å². The SMILES string of the molecule is CCCCCCCCC(c1cc(F)cc(F)c1)C(C)(OC)OC. The molecule has 0 aromatic heterocycles. The van der Waals surface area contributed by atoms with Crippen LogP contribution in [0.2, 0.25) is 0 Å². The summed E-state index contributed by atoms with van der Waals surface area (Å²) in [6, 6.07) is 3.64. The van der Waals surface area contributed by atoms with E-state index in [9.17, 15) is 8.78 Å². The van der Waals surface area contributed by atoms with E-state index in [-0.39, 0.29) is 5.92 Å². The first-order chi connectivity index (χ1) is 11.0. The van der Waals surface area contributed by atoms with E-state index >= 15 is 0 Å². The van der Waals surface area contributed by atoms with Crippen molar-refractivity contribution >= 4 is 0 Å². The van der Waals surface area contributed by atoms with Crippen LogP contribution in [0.15, 0.2) is 18.2 Å². The Labute approximate surface area is 139 Å². The molecule has 1 aromatic carbocycles. The van der Waals surface area contributed by atoms with Crippen LogP contribution in [0.25, 0.3) is 0 Å². The van der Waals surface area contributed by atoms with E-state index in [0.717, 1.165) is 25.3 Å². The minimum Gasteiger partial charge on any atom is -0.353 e. The van der Waals surface area contributed by atoms with Crippen molar-refractivity contribution in [1.29, 1.82) is 0 Å². The Hall–Kier alpha value is -1.00. The first-order valence-electron chi connectivity index (χ1n) is 8.53. The summed E-state index contributed by atoms with van der Waals surface area (Å²) in [4.78, 5) is 0. The minimum atomic E-state index is -0.899. The van der Waals surface area contributed by atoms with Crippen molar-refractivity contribution in [3.63, 3.8) is 0 Å². The summed E-state index contributed by atoms with van der Waals surface area (Å²) in [6.45, 7) is 4.01. The van der Waals surface area contributed by atoms with Gasteiger partial charge in [0.2, 0.25) is 0 Å². The lowest BCUT2D eigenvalue weighted by molar-refractivity contribution is -0.210. The maximum absolute atomic E-state index is 13.6. The summed E-state index contributed by atoms with van der Waals surface area (Å²) in [5, 5.41) is 0. The molecule has 0 aliphatic carbocycles. The van der Waals surface area contributed by atoms with Crippen LogP contribution in [0.5, 0.6) is 0 Å². The van der Waals surface area contributed by atoms with Crippen LogP contribution in [-0.2, 0) is 9.47 Å². The van der Waals surface area contributed by atoms with Crippen molar-refractivity contribution in [1.82, 2.24) is 0 Å². The Balaban J connectivity index is 2.81. The second kappa shape index (κ2) is 9.99. The lowest BCUT2D eigenvalue weighted by atomic mass is 9.86. The Kier molecular flexibility index (Phi) is 8.71. The van der Waals surface area contributed by atoms with E-state index in [1.165, 1.54) is 37.8 Å². The molecular formula is C19H30F2O2. The minimum absolute atomic E-state index is 0.214. The molecule has 1 aromatic rings. The summed E-state index contributed by atoms with van der Waals surface area (Å²) >= 11 is 0. The van der Waals surface area contributed by atoms with Gasteiger partial charge in [0.05, 0.1) is 0 Å². The number of benzene rings is 1. The number of hydrogen-bond donors (Lipinski definition) is 0. The summed E-state index contributed by atoms with van der Waals surface area (Å²) in [5.74, 6) is -2.25. The van der Waals surface area contributed by atoms with E-state index in [1.807, 2.05) is 6.92 Å². The van der Waals surface area contributed by atoms with Gasteiger partial charge in [-0.15, -0.1) is 0 Å². The predicted octanol–water partition coefficient (Wildman–Crippen LogP) is 5.81. The number of ether oxygens (including phenoxy) is 2. The highest BCUT2D eigenvalue weighted by Crippen LogP contribution is 2.36. The van der Waals surface area contributed by atoms with Gasteiger partial charge in [-0.05, 0) is 31.0 Å². The molecule has 0 aliphatic rings. The van der Waals surface area contributed by atoms with E-state index in [1.54, 1.807) is 14.2 Å². The van der Waals surface area contributed by atoms with Crippen molar-refractivity contribution in [2.24, 2.45) is 0 Å². The zero-order valence-corrected chi connectivity index (χ0v) is 14.8. The summed E-state index contributed by atoms with van der Waals surface area (Å²) < 4.78 is 38.2. The van der Waals surface area contributed by atoms with Gasteiger partial charge in [0.25, 0.3) is 0 Å². The van der Waals surface area contributed by atoms with E-state index in [2.05, 4.69) is 6.92 Å². The van der Waals surface area contributed by atoms with Crippen molar-refractivity contribution in [3.8, 4) is 0 Å². The number of methoxy groups -OCH3 is 2. The van der Waals surface area contributed by atoms with Gasteiger partial charge in [-0.3, -0.25) is 0 Å². The number of hydrogen-bond acceptors (Lipinski definition) is 2. The Bertz CT molecular complexity index is 438. The molecule has 0 saturated carbocycles. The summed E-state index contributed by atoms with van der Waals surface area (Å²) in [7, 11) is 3.13. The lowest BCUT2D eigenvalue weighted by Gasteiger charge is -2.35. The fourth-order valence-corrected chi connectivity index (χ4v) is 3.00. The second-order valence-electron chi connectivity index (χ2n) is 6.24. The molecule has 2 nitrogen and oxygen atoms in total. The average Bonchev–Trinajstić information content (AvgIpc) is 2.52. The van der Waals surface area contributed by atoms with Crippen LogP contribution in [0, 0.1) is 11.6 Å². The number of rotatable bonds is 11. The van der Waals surface area contributed by atoms with Gasteiger partial charge in [-0.25, -0.2) is 8.78 Å². The predicted molar refractivity (Wildman–Crippen MR) is 89.5 cm³/mol. The lowest BCUT2D eigenvalue weighted by Crippen LogP contribution is -2.37. The normalized spacial score (nSPS) is 13.3. The molecule has 23 heavy (non-hydrogen) atoms. The topological polar surface area (TPSA) is 18.5 Å². The third-order valence-electron chi connectivity index (χ3n) is 4.58. The van der Waals surface area contributed by atoms with Gasteiger partial charge in [0, 0.05) is 26.2 Å². The van der Waals surface area contributed by atoms with Crippen LogP contribution in [0.3, 0.4) is 0 Å². The maximum atomic E-state index is 13.6. The van der Waals surface area contributed by atoms with Crippen molar-refractivity contribution < 1.29 is 18.3 Å². The smallest absolute Gasteiger partial charge is 0.171 e. The first-order valence-corrected chi connectivity index (χ1v) is 8.53. The van der Waals surface area contributed by atoms with Crippen LogP contribution < -0.4 is 0 Å². The molecule has 0 heterocycles. The highest BCUT2D eigenvalue weighted by Gasteiger charge is 2.35. The Morgan fingerprint density at radius 2 is 1.43 bits per heavy atom. The highest BCUT2D eigenvalue weighted by molar-refractivity contribution is 5.24. The van der Waals surface area contributed by atoms with Crippen molar-refractivity contribution in [2.45, 2.75) is 70.5 Å². The quantitative estimate of drug-likeness (QED) is 0.377. The monoisotopic (exact) mass is 328 g/mol. The molecule has 4 heteroatoms.